The molecule has 0 saturated carbocycles. The molecule has 0 fully saturated rings. The predicted molar refractivity (Wildman–Crippen MR) is 54.6 cm³/mol. The minimum atomic E-state index is 0.412. The van der Waals surface area contributed by atoms with Crippen molar-refractivity contribution in [1.29, 1.82) is 0 Å². The molecule has 1 heteroatoms. The summed E-state index contributed by atoms with van der Waals surface area (Å²) in [4.78, 5) is 4.38. The Hall–Kier alpha value is -1.63. The Labute approximate surface area is 77.1 Å². The standard InChI is InChI=1S/C12H9N/c1-2-4-11-9(3-1)5-6-10-7-8-13-12(10)11/h1-8,10H. The van der Waals surface area contributed by atoms with E-state index in [1.165, 1.54) is 16.8 Å². The normalized spacial score (nSPS) is 22.5. The van der Waals surface area contributed by atoms with Crippen molar-refractivity contribution in [2.75, 3.05) is 0 Å². The second-order valence-corrected chi connectivity index (χ2v) is 3.33. The number of benzene rings is 1. The molecule has 0 spiro atoms. The molecule has 3 rings (SSSR count). The number of fused-ring (bicyclic) bond motifs is 3. The van der Waals surface area contributed by atoms with Gasteiger partial charge in [0.05, 0.1) is 5.71 Å². The van der Waals surface area contributed by atoms with E-state index in [1.54, 1.807) is 0 Å². The highest BCUT2D eigenvalue weighted by Gasteiger charge is 2.20. The lowest BCUT2D eigenvalue weighted by Crippen LogP contribution is -2.13. The maximum absolute atomic E-state index is 4.38. The van der Waals surface area contributed by atoms with Crippen LogP contribution < -0.4 is 0 Å². The summed E-state index contributed by atoms with van der Waals surface area (Å²) in [5, 5.41) is 0. The molecule has 2 aliphatic rings. The molecule has 62 valence electrons. The summed E-state index contributed by atoms with van der Waals surface area (Å²) in [5.74, 6) is 0.412. The van der Waals surface area contributed by atoms with Crippen LogP contribution in [0.5, 0.6) is 0 Å². The van der Waals surface area contributed by atoms with Crippen LogP contribution in [0.25, 0.3) is 6.08 Å². The van der Waals surface area contributed by atoms with Crippen LogP contribution in [0.1, 0.15) is 11.1 Å². The van der Waals surface area contributed by atoms with Crippen molar-refractivity contribution in [3.63, 3.8) is 0 Å². The zero-order valence-corrected chi connectivity index (χ0v) is 7.14. The van der Waals surface area contributed by atoms with Crippen molar-refractivity contribution >= 4 is 11.8 Å². The molecule has 1 aromatic rings. The molecule has 0 amide bonds. The van der Waals surface area contributed by atoms with Gasteiger partial charge in [0.15, 0.2) is 0 Å². The van der Waals surface area contributed by atoms with Crippen LogP contribution in [0.3, 0.4) is 0 Å². The first-order valence-corrected chi connectivity index (χ1v) is 4.47. The topological polar surface area (TPSA) is 12.4 Å². The molecule has 0 N–H and O–H groups in total. The van der Waals surface area contributed by atoms with Gasteiger partial charge >= 0.3 is 0 Å². The number of hydrogen-bond donors (Lipinski definition) is 0. The van der Waals surface area contributed by atoms with Crippen molar-refractivity contribution < 1.29 is 0 Å². The van der Waals surface area contributed by atoms with E-state index in [1.807, 2.05) is 6.20 Å². The van der Waals surface area contributed by atoms with E-state index in [2.05, 4.69) is 47.5 Å². The second kappa shape index (κ2) is 2.43. The third-order valence-corrected chi connectivity index (χ3v) is 2.54. The lowest BCUT2D eigenvalue weighted by molar-refractivity contribution is 1.16. The molecule has 13 heavy (non-hydrogen) atoms. The molecule has 0 saturated heterocycles. The Morgan fingerprint density at radius 3 is 3.00 bits per heavy atom. The monoisotopic (exact) mass is 167 g/mol. The Morgan fingerprint density at radius 1 is 1.08 bits per heavy atom. The maximum Gasteiger partial charge on any atom is 0.0589 e. The molecular formula is C12H9N. The van der Waals surface area contributed by atoms with Gasteiger partial charge in [-0.1, -0.05) is 42.5 Å². The van der Waals surface area contributed by atoms with Gasteiger partial charge in [-0.05, 0) is 5.56 Å². The lowest BCUT2D eigenvalue weighted by Gasteiger charge is -2.15. The highest BCUT2D eigenvalue weighted by Crippen LogP contribution is 2.27. The first-order chi connectivity index (χ1) is 6.45. The van der Waals surface area contributed by atoms with Gasteiger partial charge in [-0.15, -0.1) is 0 Å². The number of aliphatic imine (C=N–C) groups is 1. The first-order valence-electron chi connectivity index (χ1n) is 4.47. The van der Waals surface area contributed by atoms with Crippen molar-refractivity contribution in [3.05, 3.63) is 53.7 Å². The fraction of sp³-hybridized carbons (Fsp3) is 0.0833. The van der Waals surface area contributed by atoms with E-state index in [9.17, 15) is 0 Å². The van der Waals surface area contributed by atoms with Crippen LogP contribution >= 0.6 is 0 Å². The van der Waals surface area contributed by atoms with E-state index in [-0.39, 0.29) is 0 Å². The van der Waals surface area contributed by atoms with E-state index in [4.69, 9.17) is 0 Å². The van der Waals surface area contributed by atoms with E-state index >= 15 is 0 Å². The molecule has 1 heterocycles. The fourth-order valence-corrected chi connectivity index (χ4v) is 1.88. The molecule has 1 atom stereocenters. The highest BCUT2D eigenvalue weighted by molar-refractivity contribution is 6.10. The summed E-state index contributed by atoms with van der Waals surface area (Å²) < 4.78 is 0. The molecule has 0 aromatic heterocycles. The van der Waals surface area contributed by atoms with Crippen LogP contribution in [-0.4, -0.2) is 5.71 Å². The molecule has 1 aromatic carbocycles. The van der Waals surface area contributed by atoms with Crippen molar-refractivity contribution in [2.45, 2.75) is 0 Å². The van der Waals surface area contributed by atoms with Crippen molar-refractivity contribution in [1.82, 2.24) is 0 Å². The van der Waals surface area contributed by atoms with Crippen LogP contribution in [0.15, 0.2) is 47.6 Å². The number of allylic oxidation sites excluding steroid dienone is 2. The largest absolute Gasteiger partial charge is 0.260 e. The van der Waals surface area contributed by atoms with Crippen LogP contribution in [-0.2, 0) is 0 Å². The van der Waals surface area contributed by atoms with Gasteiger partial charge in [0, 0.05) is 17.7 Å². The molecule has 1 aliphatic heterocycles. The van der Waals surface area contributed by atoms with Crippen LogP contribution in [0, 0.1) is 5.92 Å². The van der Waals surface area contributed by atoms with Crippen molar-refractivity contribution in [3.8, 4) is 0 Å². The quantitative estimate of drug-likeness (QED) is 0.563. The average Bonchev–Trinajstić information content (AvgIpc) is 2.65. The third-order valence-electron chi connectivity index (χ3n) is 2.54. The van der Waals surface area contributed by atoms with E-state index < -0.39 is 0 Å². The minimum Gasteiger partial charge on any atom is -0.260 e. The highest BCUT2D eigenvalue weighted by atomic mass is 14.7. The van der Waals surface area contributed by atoms with Gasteiger partial charge < -0.3 is 0 Å². The van der Waals surface area contributed by atoms with Gasteiger partial charge in [-0.2, -0.15) is 0 Å². The number of nitrogens with zero attached hydrogens (tertiary/aromatic N) is 1. The summed E-state index contributed by atoms with van der Waals surface area (Å²) in [5.41, 5.74) is 3.75. The molecule has 0 radical (unpaired) electrons. The predicted octanol–water partition coefficient (Wildman–Crippen LogP) is 2.65. The summed E-state index contributed by atoms with van der Waals surface area (Å²) >= 11 is 0. The Bertz CT molecular complexity index is 438. The summed E-state index contributed by atoms with van der Waals surface area (Å²) in [6.45, 7) is 0. The Kier molecular flexibility index (Phi) is 1.28. The summed E-state index contributed by atoms with van der Waals surface area (Å²) in [6, 6.07) is 8.39. The van der Waals surface area contributed by atoms with Gasteiger partial charge in [-0.25, -0.2) is 0 Å². The number of rotatable bonds is 0. The van der Waals surface area contributed by atoms with Crippen molar-refractivity contribution in [2.24, 2.45) is 10.9 Å². The third kappa shape index (κ3) is 0.903. The molecule has 1 unspecified atom stereocenters. The minimum absolute atomic E-state index is 0.412. The first kappa shape index (κ1) is 6.84. The zero-order valence-electron chi connectivity index (χ0n) is 7.14. The maximum atomic E-state index is 4.38. The van der Waals surface area contributed by atoms with Gasteiger partial charge in [0.25, 0.3) is 0 Å². The SMILES string of the molecule is C1=CC2C=Cc3ccccc3C2=N1. The average molecular weight is 167 g/mol. The molecule has 1 aliphatic carbocycles. The smallest absolute Gasteiger partial charge is 0.0589 e. The molecule has 1 nitrogen and oxygen atoms in total. The lowest BCUT2D eigenvalue weighted by atomic mass is 9.89. The molecular weight excluding hydrogens is 158 g/mol. The van der Waals surface area contributed by atoms with E-state index in [0.717, 1.165) is 0 Å². The molecule has 0 bridgehead atoms. The Balaban J connectivity index is 2.25. The number of hydrogen-bond acceptors (Lipinski definition) is 1. The fourth-order valence-electron chi connectivity index (χ4n) is 1.88. The van der Waals surface area contributed by atoms with E-state index in [0.29, 0.717) is 5.92 Å². The van der Waals surface area contributed by atoms with Gasteiger partial charge in [-0.3, -0.25) is 4.99 Å². The van der Waals surface area contributed by atoms with Crippen LogP contribution in [0.4, 0.5) is 0 Å². The zero-order chi connectivity index (χ0) is 8.67. The summed E-state index contributed by atoms with van der Waals surface area (Å²) in [7, 11) is 0. The second-order valence-electron chi connectivity index (χ2n) is 3.33. The van der Waals surface area contributed by atoms with Gasteiger partial charge in [0.1, 0.15) is 0 Å². The van der Waals surface area contributed by atoms with Crippen LogP contribution in [0.2, 0.25) is 0 Å². The summed E-state index contributed by atoms with van der Waals surface area (Å²) in [6.07, 6.45) is 8.40. The van der Waals surface area contributed by atoms with Gasteiger partial charge in [0.2, 0.25) is 0 Å². The Morgan fingerprint density at radius 2 is 2.00 bits per heavy atom.